The van der Waals surface area contributed by atoms with E-state index in [1.54, 1.807) is 28.4 Å². The molecule has 316 valence electrons. The number of hydrogen-bond acceptors (Lipinski definition) is 14. The summed E-state index contributed by atoms with van der Waals surface area (Å²) >= 11 is 0. The number of ether oxygens (including phenoxy) is 12. The first kappa shape index (κ1) is 44.1. The van der Waals surface area contributed by atoms with Crippen LogP contribution < -0.4 is 48.5 Å². The largest absolute Gasteiger partial charge is 0.497 e. The van der Waals surface area contributed by atoms with Gasteiger partial charge in [0.25, 0.3) is 0 Å². The maximum atomic E-state index is 6.07. The molecule has 0 aliphatic carbocycles. The zero-order valence-electron chi connectivity index (χ0n) is 34.1. The molecule has 4 bridgehead atoms. The Morgan fingerprint density at radius 1 is 0.328 bits per heavy atom. The Morgan fingerprint density at radius 3 is 0.828 bits per heavy atom. The van der Waals surface area contributed by atoms with E-state index in [0.717, 1.165) is 45.3 Å². The summed E-state index contributed by atoms with van der Waals surface area (Å²) in [4.78, 5) is 0. The van der Waals surface area contributed by atoms with Gasteiger partial charge in [-0.2, -0.15) is 0 Å². The normalized spacial score (nSPS) is 15.1. The van der Waals surface area contributed by atoms with E-state index in [1.165, 1.54) is 0 Å². The maximum Gasteiger partial charge on any atom is 0.123 e. The molecule has 0 fully saturated rings. The zero-order chi connectivity index (χ0) is 40.6. The Balaban J connectivity index is 1.11. The van der Waals surface area contributed by atoms with Crippen LogP contribution in [-0.2, 0) is 45.1 Å². The van der Waals surface area contributed by atoms with E-state index in [1.807, 2.05) is 72.8 Å². The summed E-state index contributed by atoms with van der Waals surface area (Å²) in [7, 11) is 6.57. The highest BCUT2D eigenvalue weighted by Crippen LogP contribution is 2.27. The first-order valence-corrected chi connectivity index (χ1v) is 19.5. The summed E-state index contributed by atoms with van der Waals surface area (Å²) in [5, 5.41) is 6.98. The minimum atomic E-state index is 0.371. The molecule has 0 amide bonds. The molecule has 58 heavy (non-hydrogen) atoms. The van der Waals surface area contributed by atoms with Crippen LogP contribution in [-0.4, -0.2) is 108 Å². The summed E-state index contributed by atoms with van der Waals surface area (Å²) in [5.41, 5.74) is 4.10. The lowest BCUT2D eigenvalue weighted by atomic mass is 10.1. The summed E-state index contributed by atoms with van der Waals surface area (Å²) in [6.07, 6.45) is 0. The minimum absolute atomic E-state index is 0.371. The van der Waals surface area contributed by atoms with Gasteiger partial charge in [-0.1, -0.05) is 0 Å². The van der Waals surface area contributed by atoms with Crippen molar-refractivity contribution in [3.8, 4) is 46.0 Å². The van der Waals surface area contributed by atoms with Crippen LogP contribution in [0.25, 0.3) is 0 Å². The van der Waals surface area contributed by atoms with Gasteiger partial charge in [0.05, 0.1) is 81.3 Å². The molecule has 1 aliphatic heterocycles. The Kier molecular flexibility index (Phi) is 19.3. The molecule has 1 aliphatic rings. The van der Waals surface area contributed by atoms with Crippen LogP contribution in [0, 0.1) is 0 Å². The van der Waals surface area contributed by atoms with E-state index < -0.39 is 0 Å². The first-order valence-electron chi connectivity index (χ1n) is 19.5. The fourth-order valence-corrected chi connectivity index (χ4v) is 5.96. The lowest BCUT2D eigenvalue weighted by Crippen LogP contribution is -2.16. The van der Waals surface area contributed by atoms with Crippen molar-refractivity contribution in [1.29, 1.82) is 0 Å². The number of nitrogens with one attached hydrogen (secondary N) is 2. The first-order chi connectivity index (χ1) is 28.5. The third-order valence-electron chi connectivity index (χ3n) is 8.75. The Morgan fingerprint density at radius 2 is 0.569 bits per heavy atom. The maximum absolute atomic E-state index is 6.07. The topological polar surface area (TPSA) is 135 Å². The van der Waals surface area contributed by atoms with Crippen LogP contribution in [0.2, 0.25) is 0 Å². The van der Waals surface area contributed by atoms with E-state index >= 15 is 0 Å². The van der Waals surface area contributed by atoms with Crippen molar-refractivity contribution in [1.82, 2.24) is 10.6 Å². The average Bonchev–Trinajstić information content (AvgIpc) is 3.24. The molecule has 2 N–H and O–H groups in total. The molecule has 14 nitrogen and oxygen atoms in total. The fourth-order valence-electron chi connectivity index (χ4n) is 5.96. The average molecular weight is 807 g/mol. The molecule has 0 aromatic heterocycles. The van der Waals surface area contributed by atoms with Gasteiger partial charge in [-0.15, -0.1) is 0 Å². The molecule has 0 unspecified atom stereocenters. The van der Waals surface area contributed by atoms with E-state index in [4.69, 9.17) is 56.8 Å². The van der Waals surface area contributed by atoms with Crippen LogP contribution >= 0.6 is 0 Å². The standard InChI is InChI=1S/C44H58N2O12/c1-47-37-17-33(18-38(25-37)48-2)29-45-31-35-21-41-27-42(22-35)56-14-10-52-6-8-54-12-16-58-44-24-36(32-46-30-34-19-39(49-3)26-40(20-34)50-4)23-43(28-44)57-15-11-53-7-5-51-9-13-55-41/h17-28,45-46H,5-16,29-32H2,1-4H3. The molecule has 1 heterocycles. The molecular weight excluding hydrogens is 748 g/mol. The highest BCUT2D eigenvalue weighted by molar-refractivity contribution is 5.41. The summed E-state index contributed by atoms with van der Waals surface area (Å²) in [6.45, 7) is 7.23. The van der Waals surface area contributed by atoms with Crippen LogP contribution in [0.3, 0.4) is 0 Å². The van der Waals surface area contributed by atoms with Crippen molar-refractivity contribution >= 4 is 0 Å². The van der Waals surface area contributed by atoms with E-state index in [-0.39, 0.29) is 0 Å². The summed E-state index contributed by atoms with van der Waals surface area (Å²) in [5.74, 6) is 5.72. The number of fused-ring (bicyclic) bond motifs is 4. The number of rotatable bonds is 12. The highest BCUT2D eigenvalue weighted by Gasteiger charge is 2.09. The molecule has 14 heteroatoms. The Labute approximate surface area is 341 Å². The van der Waals surface area contributed by atoms with Crippen LogP contribution in [0.1, 0.15) is 22.3 Å². The summed E-state index contributed by atoms with van der Waals surface area (Å²) in [6, 6.07) is 23.4. The quantitative estimate of drug-likeness (QED) is 0.184. The van der Waals surface area contributed by atoms with Gasteiger partial charge in [0, 0.05) is 50.4 Å². The predicted molar refractivity (Wildman–Crippen MR) is 218 cm³/mol. The van der Waals surface area contributed by atoms with Crippen LogP contribution in [0.4, 0.5) is 0 Å². The fraction of sp³-hybridized carbons (Fsp3) is 0.455. The molecule has 0 radical (unpaired) electrons. The number of benzene rings is 4. The van der Waals surface area contributed by atoms with Gasteiger partial charge < -0.3 is 67.5 Å². The Hall–Kier alpha value is -4.96. The van der Waals surface area contributed by atoms with Crippen molar-refractivity contribution in [2.75, 3.05) is 108 Å². The third-order valence-corrected chi connectivity index (χ3v) is 8.75. The number of hydrogen-bond donors (Lipinski definition) is 2. The van der Waals surface area contributed by atoms with Crippen molar-refractivity contribution in [3.05, 3.63) is 95.1 Å². The van der Waals surface area contributed by atoms with E-state index in [2.05, 4.69) is 10.6 Å². The van der Waals surface area contributed by atoms with Crippen molar-refractivity contribution in [2.24, 2.45) is 0 Å². The third kappa shape index (κ3) is 16.1. The van der Waals surface area contributed by atoms with Crippen molar-refractivity contribution in [3.63, 3.8) is 0 Å². The molecule has 0 saturated carbocycles. The Bertz CT molecular complexity index is 1560. The molecule has 4 aromatic carbocycles. The molecule has 4 aromatic rings. The second-order valence-corrected chi connectivity index (χ2v) is 13.1. The predicted octanol–water partition coefficient (Wildman–Crippen LogP) is 5.60. The lowest BCUT2D eigenvalue weighted by Gasteiger charge is -2.15. The number of methoxy groups -OCH3 is 4. The summed E-state index contributed by atoms with van der Waals surface area (Å²) < 4.78 is 69.0. The van der Waals surface area contributed by atoms with E-state index in [9.17, 15) is 0 Å². The van der Waals surface area contributed by atoms with Gasteiger partial charge in [-0.3, -0.25) is 0 Å². The van der Waals surface area contributed by atoms with E-state index in [0.29, 0.717) is 128 Å². The van der Waals surface area contributed by atoms with Gasteiger partial charge in [-0.25, -0.2) is 0 Å². The smallest absolute Gasteiger partial charge is 0.123 e. The molecule has 0 spiro atoms. The van der Waals surface area contributed by atoms with Gasteiger partial charge in [-0.05, 0) is 70.8 Å². The molecule has 0 atom stereocenters. The van der Waals surface area contributed by atoms with Crippen LogP contribution in [0.5, 0.6) is 46.0 Å². The van der Waals surface area contributed by atoms with Crippen molar-refractivity contribution in [2.45, 2.75) is 26.2 Å². The lowest BCUT2D eigenvalue weighted by molar-refractivity contribution is 0.0260. The van der Waals surface area contributed by atoms with Crippen LogP contribution in [0.15, 0.2) is 72.8 Å². The highest BCUT2D eigenvalue weighted by atomic mass is 16.6. The second-order valence-electron chi connectivity index (χ2n) is 13.1. The molecule has 0 saturated heterocycles. The zero-order valence-corrected chi connectivity index (χ0v) is 34.1. The van der Waals surface area contributed by atoms with Gasteiger partial charge in [0.2, 0.25) is 0 Å². The van der Waals surface area contributed by atoms with Gasteiger partial charge >= 0.3 is 0 Å². The molecule has 5 rings (SSSR count). The second kappa shape index (κ2) is 25.4. The van der Waals surface area contributed by atoms with Gasteiger partial charge in [0.15, 0.2) is 0 Å². The van der Waals surface area contributed by atoms with Gasteiger partial charge in [0.1, 0.15) is 72.4 Å². The van der Waals surface area contributed by atoms with Crippen molar-refractivity contribution < 1.29 is 56.8 Å². The molecular formula is C44H58N2O12. The SMILES string of the molecule is COc1cc(CNCc2cc3cc(c2)OCCOCCOCCOc2cc(CNCc4cc(OC)cc(OC)c4)cc(c2)OCCOCCOCCO3)cc(OC)c1. The minimum Gasteiger partial charge on any atom is -0.497 e. The monoisotopic (exact) mass is 806 g/mol.